The van der Waals surface area contributed by atoms with Crippen LogP contribution in [0.2, 0.25) is 0 Å². The average Bonchev–Trinajstić information content (AvgIpc) is 3.31. The lowest BCUT2D eigenvalue weighted by molar-refractivity contribution is -0.138. The van der Waals surface area contributed by atoms with Crippen molar-refractivity contribution in [3.63, 3.8) is 0 Å². The molecule has 0 aliphatic carbocycles. The van der Waals surface area contributed by atoms with Gasteiger partial charge >= 0.3 is 0 Å². The van der Waals surface area contributed by atoms with E-state index in [1.165, 1.54) is 4.90 Å². The van der Waals surface area contributed by atoms with Crippen LogP contribution in [0.1, 0.15) is 37.0 Å². The summed E-state index contributed by atoms with van der Waals surface area (Å²) in [5, 5.41) is 0. The van der Waals surface area contributed by atoms with Crippen molar-refractivity contribution < 1.29 is 19.1 Å². The molecule has 3 aliphatic rings. The predicted molar refractivity (Wildman–Crippen MR) is 121 cm³/mol. The highest BCUT2D eigenvalue weighted by atomic mass is 16.7. The van der Waals surface area contributed by atoms with Crippen molar-refractivity contribution >= 4 is 17.4 Å². The number of piperidine rings is 1. The third-order valence-corrected chi connectivity index (χ3v) is 6.45. The summed E-state index contributed by atoms with van der Waals surface area (Å²) in [6, 6.07) is 13.4. The fraction of sp³-hybridized carbons (Fsp3) is 0.385. The van der Waals surface area contributed by atoms with E-state index in [1.807, 2.05) is 49.4 Å². The van der Waals surface area contributed by atoms with Crippen molar-refractivity contribution in [3.8, 4) is 11.5 Å². The number of hydrogen-bond acceptors (Lipinski definition) is 5. The summed E-state index contributed by atoms with van der Waals surface area (Å²) < 4.78 is 10.9. The van der Waals surface area contributed by atoms with Crippen molar-refractivity contribution in [1.29, 1.82) is 0 Å². The Morgan fingerprint density at radius 3 is 2.31 bits per heavy atom. The first kappa shape index (κ1) is 20.6. The minimum Gasteiger partial charge on any atom is -0.454 e. The Kier molecular flexibility index (Phi) is 5.16. The number of fused-ring (bicyclic) bond motifs is 1. The van der Waals surface area contributed by atoms with E-state index in [9.17, 15) is 9.59 Å². The maximum atomic E-state index is 13.7. The van der Waals surface area contributed by atoms with Crippen molar-refractivity contribution in [3.05, 3.63) is 64.9 Å². The van der Waals surface area contributed by atoms with E-state index < -0.39 is 0 Å². The van der Waals surface area contributed by atoms with Crippen LogP contribution in [0.4, 0.5) is 0 Å². The van der Waals surface area contributed by atoms with Crippen LogP contribution in [0.3, 0.4) is 0 Å². The number of carbonyl (C=O) groups excluding carboxylic acids is 2. The Morgan fingerprint density at radius 1 is 0.906 bits per heavy atom. The molecule has 2 aromatic rings. The van der Waals surface area contributed by atoms with Gasteiger partial charge in [0.25, 0.3) is 11.8 Å². The van der Waals surface area contributed by atoms with Gasteiger partial charge in [0.2, 0.25) is 6.79 Å². The minimum atomic E-state index is -0.239. The first-order valence-electron chi connectivity index (χ1n) is 11.2. The molecule has 3 aliphatic heterocycles. The molecule has 5 rings (SSSR count). The lowest BCUT2D eigenvalue weighted by atomic mass is 9.91. The third kappa shape index (κ3) is 3.64. The molecular weight excluding hydrogens is 404 g/mol. The number of rotatable bonds is 4. The molecule has 0 radical (unpaired) electrons. The van der Waals surface area contributed by atoms with Crippen LogP contribution in [-0.2, 0) is 16.1 Å². The summed E-state index contributed by atoms with van der Waals surface area (Å²) in [5.41, 5.74) is 3.80. The van der Waals surface area contributed by atoms with Crippen LogP contribution in [0.5, 0.6) is 11.5 Å². The van der Waals surface area contributed by atoms with Gasteiger partial charge < -0.3 is 14.4 Å². The van der Waals surface area contributed by atoms with Crippen LogP contribution in [0, 0.1) is 18.8 Å². The number of imide groups is 1. The summed E-state index contributed by atoms with van der Waals surface area (Å²) in [7, 11) is 0. The first-order chi connectivity index (χ1) is 15.4. The second-order valence-electron chi connectivity index (χ2n) is 9.32. The largest absolute Gasteiger partial charge is 0.454 e. The van der Waals surface area contributed by atoms with E-state index in [2.05, 4.69) is 18.7 Å². The molecule has 0 aromatic heterocycles. The Morgan fingerprint density at radius 2 is 1.59 bits per heavy atom. The van der Waals surface area contributed by atoms with Crippen LogP contribution in [-0.4, -0.2) is 41.5 Å². The van der Waals surface area contributed by atoms with E-state index >= 15 is 0 Å². The molecule has 0 saturated carbocycles. The fourth-order valence-corrected chi connectivity index (χ4v) is 5.05. The molecule has 0 N–H and O–H groups in total. The van der Waals surface area contributed by atoms with E-state index in [1.54, 1.807) is 0 Å². The third-order valence-electron chi connectivity index (χ3n) is 6.45. The highest BCUT2D eigenvalue weighted by Gasteiger charge is 2.43. The maximum Gasteiger partial charge on any atom is 0.278 e. The normalized spacial score (nSPS) is 22.8. The molecule has 3 heterocycles. The van der Waals surface area contributed by atoms with Gasteiger partial charge in [-0.1, -0.05) is 49.7 Å². The van der Waals surface area contributed by atoms with Crippen molar-refractivity contribution in [2.24, 2.45) is 11.8 Å². The topological polar surface area (TPSA) is 59.1 Å². The van der Waals surface area contributed by atoms with Gasteiger partial charge in [0, 0.05) is 13.1 Å². The quantitative estimate of drug-likeness (QED) is 0.684. The zero-order valence-electron chi connectivity index (χ0n) is 18.8. The van der Waals surface area contributed by atoms with E-state index in [4.69, 9.17) is 9.47 Å². The predicted octanol–water partition coefficient (Wildman–Crippen LogP) is 3.98. The molecular formula is C26H28N2O4. The number of ether oxygens (including phenoxy) is 2. The lowest BCUT2D eigenvalue weighted by Crippen LogP contribution is -2.41. The van der Waals surface area contributed by atoms with Gasteiger partial charge in [0.05, 0.1) is 12.1 Å². The van der Waals surface area contributed by atoms with Gasteiger partial charge in [0.15, 0.2) is 11.5 Å². The highest BCUT2D eigenvalue weighted by Crippen LogP contribution is 2.37. The van der Waals surface area contributed by atoms with Crippen molar-refractivity contribution in [1.82, 2.24) is 9.80 Å². The van der Waals surface area contributed by atoms with Crippen LogP contribution in [0.25, 0.3) is 5.57 Å². The Labute approximate surface area is 188 Å². The molecule has 166 valence electrons. The van der Waals surface area contributed by atoms with Crippen molar-refractivity contribution in [2.45, 2.75) is 33.7 Å². The molecule has 2 unspecified atom stereocenters. The highest BCUT2D eigenvalue weighted by molar-refractivity contribution is 6.35. The van der Waals surface area contributed by atoms with E-state index in [-0.39, 0.29) is 25.2 Å². The molecule has 0 bridgehead atoms. The number of aryl methyl sites for hydroxylation is 1. The first-order valence-corrected chi connectivity index (χ1v) is 11.2. The molecule has 6 heteroatoms. The van der Waals surface area contributed by atoms with Crippen molar-refractivity contribution in [2.75, 3.05) is 19.9 Å². The van der Waals surface area contributed by atoms with E-state index in [0.717, 1.165) is 36.2 Å². The van der Waals surface area contributed by atoms with Gasteiger partial charge in [-0.3, -0.25) is 14.5 Å². The van der Waals surface area contributed by atoms with Crippen LogP contribution < -0.4 is 9.47 Å². The molecule has 1 fully saturated rings. The molecule has 0 spiro atoms. The Hall–Kier alpha value is -3.28. The van der Waals surface area contributed by atoms with Gasteiger partial charge in [-0.05, 0) is 48.4 Å². The van der Waals surface area contributed by atoms with Crippen LogP contribution in [0.15, 0.2) is 48.2 Å². The van der Waals surface area contributed by atoms with Gasteiger partial charge in [0.1, 0.15) is 5.70 Å². The summed E-state index contributed by atoms with van der Waals surface area (Å²) in [5.74, 6) is 1.81. The maximum absolute atomic E-state index is 13.7. The summed E-state index contributed by atoms with van der Waals surface area (Å²) >= 11 is 0. The molecule has 2 amide bonds. The minimum absolute atomic E-state index is 0.189. The van der Waals surface area contributed by atoms with Gasteiger partial charge in [-0.15, -0.1) is 0 Å². The monoisotopic (exact) mass is 432 g/mol. The molecule has 6 nitrogen and oxygen atoms in total. The zero-order valence-corrected chi connectivity index (χ0v) is 18.8. The SMILES string of the molecule is Cc1ccc(C2=C(N3CC(C)CC(C)C3)C(=O)N(Cc3ccc4c(c3)OCO4)C2=O)cc1. The standard InChI is InChI=1S/C26H28N2O4/c1-16-4-7-20(8-5-16)23-24(27-12-17(2)10-18(3)13-27)26(30)28(25(23)29)14-19-6-9-21-22(11-19)32-15-31-21/h4-9,11,17-18H,10,12-15H2,1-3H3. The molecule has 2 aromatic carbocycles. The summed E-state index contributed by atoms with van der Waals surface area (Å²) in [4.78, 5) is 30.8. The van der Waals surface area contributed by atoms with E-state index in [0.29, 0.717) is 34.6 Å². The second kappa shape index (κ2) is 8.01. The number of benzene rings is 2. The molecule has 1 saturated heterocycles. The smallest absolute Gasteiger partial charge is 0.278 e. The second-order valence-corrected chi connectivity index (χ2v) is 9.32. The van der Waals surface area contributed by atoms with Gasteiger partial charge in [-0.2, -0.15) is 0 Å². The molecule has 32 heavy (non-hydrogen) atoms. The number of likely N-dealkylation sites (tertiary alicyclic amines) is 1. The average molecular weight is 433 g/mol. The summed E-state index contributed by atoms with van der Waals surface area (Å²) in [6.07, 6.45) is 1.13. The number of hydrogen-bond donors (Lipinski definition) is 0. The Balaban J connectivity index is 1.51. The molecule has 2 atom stereocenters. The Bertz CT molecular complexity index is 1100. The number of nitrogens with zero attached hydrogens (tertiary/aromatic N) is 2. The number of amides is 2. The number of carbonyl (C=O) groups is 2. The summed E-state index contributed by atoms with van der Waals surface area (Å²) in [6.45, 7) is 8.39. The lowest BCUT2D eigenvalue weighted by Gasteiger charge is -2.37. The van der Waals surface area contributed by atoms with Gasteiger partial charge in [-0.25, -0.2) is 0 Å². The fourth-order valence-electron chi connectivity index (χ4n) is 5.05. The van der Waals surface area contributed by atoms with Crippen LogP contribution >= 0.6 is 0 Å². The zero-order chi connectivity index (χ0) is 22.4.